The van der Waals surface area contributed by atoms with Crippen molar-refractivity contribution in [2.45, 2.75) is 18.9 Å². The molecule has 0 fully saturated rings. The molecule has 0 saturated heterocycles. The van der Waals surface area contributed by atoms with Crippen LogP contribution in [0.25, 0.3) is 0 Å². The van der Waals surface area contributed by atoms with E-state index >= 15 is 0 Å². The third kappa shape index (κ3) is 1.74. The number of carbonyl (C=O) groups is 3. The molecule has 1 aliphatic heterocycles. The minimum atomic E-state index is -0.389. The molecule has 2 aliphatic rings. The average molecular weight is 271 g/mol. The first kappa shape index (κ1) is 12.6. The van der Waals surface area contributed by atoms with Crippen LogP contribution in [-0.2, 0) is 20.7 Å². The second-order valence-electron chi connectivity index (χ2n) is 4.80. The van der Waals surface area contributed by atoms with E-state index in [1.165, 1.54) is 24.2 Å². The standard InChI is InChI=1S/C15H13NO4/c1-20-15(19)11-4-2-3-10-9(11)5-6-12(10)16-13(17)7-8-14(16)18/h2-4,7-8,12H,5-6H2,1H3/t12-/m0/s1. The summed E-state index contributed by atoms with van der Waals surface area (Å²) >= 11 is 0. The fourth-order valence-corrected chi connectivity index (χ4v) is 2.92. The fourth-order valence-electron chi connectivity index (χ4n) is 2.92. The van der Waals surface area contributed by atoms with Gasteiger partial charge in [0.15, 0.2) is 0 Å². The van der Waals surface area contributed by atoms with Crippen molar-refractivity contribution in [2.24, 2.45) is 0 Å². The number of hydrogen-bond acceptors (Lipinski definition) is 4. The largest absolute Gasteiger partial charge is 0.465 e. The van der Waals surface area contributed by atoms with E-state index in [9.17, 15) is 14.4 Å². The SMILES string of the molecule is COC(=O)c1cccc2c1CC[C@@H]2N1C(=O)C=CC1=O. The molecule has 3 rings (SSSR count). The first-order chi connectivity index (χ1) is 9.63. The van der Waals surface area contributed by atoms with E-state index in [0.717, 1.165) is 11.1 Å². The number of hydrogen-bond donors (Lipinski definition) is 0. The van der Waals surface area contributed by atoms with Gasteiger partial charge < -0.3 is 4.74 Å². The van der Waals surface area contributed by atoms with Crippen LogP contribution >= 0.6 is 0 Å². The van der Waals surface area contributed by atoms with Gasteiger partial charge in [0.25, 0.3) is 11.8 Å². The summed E-state index contributed by atoms with van der Waals surface area (Å²) in [6, 6.07) is 5.03. The molecule has 102 valence electrons. The Morgan fingerprint density at radius 1 is 1.25 bits per heavy atom. The van der Waals surface area contributed by atoms with Crippen molar-refractivity contribution in [2.75, 3.05) is 7.11 Å². The minimum absolute atomic E-state index is 0.287. The van der Waals surface area contributed by atoms with Gasteiger partial charge in [-0.3, -0.25) is 14.5 Å². The number of carbonyl (C=O) groups excluding carboxylic acids is 3. The van der Waals surface area contributed by atoms with Crippen molar-refractivity contribution in [3.05, 3.63) is 47.0 Å². The van der Waals surface area contributed by atoms with Crippen LogP contribution in [0.4, 0.5) is 0 Å². The Labute approximate surface area is 115 Å². The molecule has 0 unspecified atom stereocenters. The molecule has 1 heterocycles. The van der Waals surface area contributed by atoms with Crippen molar-refractivity contribution >= 4 is 17.8 Å². The highest BCUT2D eigenvalue weighted by Gasteiger charge is 2.37. The van der Waals surface area contributed by atoms with Gasteiger partial charge in [-0.25, -0.2) is 4.79 Å². The molecule has 1 atom stereocenters. The van der Waals surface area contributed by atoms with E-state index in [1.54, 1.807) is 12.1 Å². The van der Waals surface area contributed by atoms with Crippen LogP contribution in [0.3, 0.4) is 0 Å². The summed E-state index contributed by atoms with van der Waals surface area (Å²) in [5.74, 6) is -0.979. The van der Waals surface area contributed by atoms with Crippen LogP contribution in [0.5, 0.6) is 0 Å². The molecule has 1 aromatic carbocycles. The number of imide groups is 1. The van der Waals surface area contributed by atoms with Crippen molar-refractivity contribution in [1.29, 1.82) is 0 Å². The molecule has 0 radical (unpaired) electrons. The van der Waals surface area contributed by atoms with Crippen molar-refractivity contribution < 1.29 is 19.1 Å². The van der Waals surface area contributed by atoms with Crippen LogP contribution < -0.4 is 0 Å². The fraction of sp³-hybridized carbons (Fsp3) is 0.267. The van der Waals surface area contributed by atoms with Gasteiger partial charge in [-0.2, -0.15) is 0 Å². The lowest BCUT2D eigenvalue weighted by atomic mass is 10.0. The number of benzene rings is 1. The molecule has 0 aromatic heterocycles. The maximum absolute atomic E-state index is 11.8. The summed E-state index contributed by atoms with van der Waals surface area (Å²) in [4.78, 5) is 36.6. The normalized spacial score (nSPS) is 20.4. The third-order valence-electron chi connectivity index (χ3n) is 3.80. The van der Waals surface area contributed by atoms with Gasteiger partial charge in [-0.1, -0.05) is 12.1 Å². The second-order valence-corrected chi connectivity index (χ2v) is 4.80. The molecular weight excluding hydrogens is 258 g/mol. The number of ether oxygens (including phenoxy) is 1. The second kappa shape index (κ2) is 4.59. The molecule has 2 amide bonds. The zero-order chi connectivity index (χ0) is 14.3. The summed E-state index contributed by atoms with van der Waals surface area (Å²) in [5.41, 5.74) is 2.25. The first-order valence-electron chi connectivity index (χ1n) is 6.39. The Hall–Kier alpha value is -2.43. The third-order valence-corrected chi connectivity index (χ3v) is 3.80. The molecule has 5 nitrogen and oxygen atoms in total. The first-order valence-corrected chi connectivity index (χ1v) is 6.39. The summed E-state index contributed by atoms with van der Waals surface area (Å²) < 4.78 is 4.77. The lowest BCUT2D eigenvalue weighted by molar-refractivity contribution is -0.139. The van der Waals surface area contributed by atoms with Crippen LogP contribution in [0.15, 0.2) is 30.4 Å². The Kier molecular flexibility index (Phi) is 2.89. The molecule has 1 aliphatic carbocycles. The quantitative estimate of drug-likeness (QED) is 0.602. The van der Waals surface area contributed by atoms with Gasteiger partial charge in [0.2, 0.25) is 0 Å². The highest BCUT2D eigenvalue weighted by atomic mass is 16.5. The maximum Gasteiger partial charge on any atom is 0.338 e. The van der Waals surface area contributed by atoms with Gasteiger partial charge in [0, 0.05) is 12.2 Å². The molecule has 0 spiro atoms. The molecular formula is C15H13NO4. The highest BCUT2D eigenvalue weighted by Crippen LogP contribution is 2.38. The Morgan fingerprint density at radius 2 is 1.95 bits per heavy atom. The van der Waals surface area contributed by atoms with Gasteiger partial charge in [0.1, 0.15) is 0 Å². The highest BCUT2D eigenvalue weighted by molar-refractivity contribution is 6.13. The number of esters is 1. The molecule has 0 saturated carbocycles. The summed E-state index contributed by atoms with van der Waals surface area (Å²) in [7, 11) is 1.34. The predicted octanol–water partition coefficient (Wildman–Crippen LogP) is 1.39. The molecule has 20 heavy (non-hydrogen) atoms. The lowest BCUT2D eigenvalue weighted by Crippen LogP contribution is -2.33. The van der Waals surface area contributed by atoms with Crippen molar-refractivity contribution in [3.63, 3.8) is 0 Å². The summed E-state index contributed by atoms with van der Waals surface area (Å²) in [6.07, 6.45) is 3.86. The van der Waals surface area contributed by atoms with Gasteiger partial charge in [0.05, 0.1) is 18.7 Å². The zero-order valence-corrected chi connectivity index (χ0v) is 11.0. The monoisotopic (exact) mass is 271 g/mol. The van der Waals surface area contributed by atoms with E-state index in [-0.39, 0.29) is 23.8 Å². The van der Waals surface area contributed by atoms with Crippen LogP contribution in [0.2, 0.25) is 0 Å². The van der Waals surface area contributed by atoms with Crippen LogP contribution in [0.1, 0.15) is 33.9 Å². The number of fused-ring (bicyclic) bond motifs is 1. The number of methoxy groups -OCH3 is 1. The number of amides is 2. The smallest absolute Gasteiger partial charge is 0.338 e. The molecule has 0 N–H and O–H groups in total. The Balaban J connectivity index is 2.01. The van der Waals surface area contributed by atoms with Gasteiger partial charge in [-0.05, 0) is 30.0 Å². The van der Waals surface area contributed by atoms with E-state index in [0.29, 0.717) is 18.4 Å². The lowest BCUT2D eigenvalue weighted by Gasteiger charge is -2.22. The topological polar surface area (TPSA) is 63.7 Å². The van der Waals surface area contributed by atoms with Crippen LogP contribution in [-0.4, -0.2) is 29.8 Å². The number of nitrogens with zero attached hydrogens (tertiary/aromatic N) is 1. The van der Waals surface area contributed by atoms with E-state index in [2.05, 4.69) is 0 Å². The van der Waals surface area contributed by atoms with E-state index in [1.807, 2.05) is 6.07 Å². The van der Waals surface area contributed by atoms with Crippen molar-refractivity contribution in [1.82, 2.24) is 4.90 Å². The van der Waals surface area contributed by atoms with Crippen molar-refractivity contribution in [3.8, 4) is 0 Å². The van der Waals surface area contributed by atoms with E-state index in [4.69, 9.17) is 4.74 Å². The molecule has 1 aromatic rings. The average Bonchev–Trinajstić information content (AvgIpc) is 3.01. The van der Waals surface area contributed by atoms with E-state index < -0.39 is 0 Å². The predicted molar refractivity (Wildman–Crippen MR) is 69.8 cm³/mol. The summed E-state index contributed by atoms with van der Waals surface area (Å²) in [5, 5.41) is 0. The maximum atomic E-state index is 11.8. The minimum Gasteiger partial charge on any atom is -0.465 e. The summed E-state index contributed by atoms with van der Waals surface area (Å²) in [6.45, 7) is 0. The zero-order valence-electron chi connectivity index (χ0n) is 11.0. The Morgan fingerprint density at radius 3 is 2.60 bits per heavy atom. The van der Waals surface area contributed by atoms with Crippen LogP contribution in [0, 0.1) is 0 Å². The molecule has 5 heteroatoms. The number of rotatable bonds is 2. The van der Waals surface area contributed by atoms with Gasteiger partial charge in [-0.15, -0.1) is 0 Å². The molecule has 0 bridgehead atoms. The van der Waals surface area contributed by atoms with Gasteiger partial charge >= 0.3 is 5.97 Å². The Bertz CT molecular complexity index is 629.